The summed E-state index contributed by atoms with van der Waals surface area (Å²) >= 11 is 0. The van der Waals surface area contributed by atoms with E-state index in [0.29, 0.717) is 16.7 Å². The van der Waals surface area contributed by atoms with Crippen molar-refractivity contribution in [2.24, 2.45) is 0 Å². The second-order valence-corrected chi connectivity index (χ2v) is 12.1. The van der Waals surface area contributed by atoms with Crippen LogP contribution in [0.2, 0.25) is 0 Å². The van der Waals surface area contributed by atoms with E-state index in [9.17, 15) is 30.7 Å². The number of halogens is 7. The highest BCUT2D eigenvalue weighted by atomic mass is 19.2. The van der Waals surface area contributed by atoms with Gasteiger partial charge in [0, 0.05) is 5.56 Å². The van der Waals surface area contributed by atoms with E-state index >= 15 is 0 Å². The molecule has 0 heterocycles. The molecule has 6 aromatic rings. The van der Waals surface area contributed by atoms with E-state index in [4.69, 9.17) is 0 Å². The topological polar surface area (TPSA) is 0 Å². The van der Waals surface area contributed by atoms with Crippen LogP contribution in [0.3, 0.4) is 0 Å². The van der Waals surface area contributed by atoms with E-state index in [2.05, 4.69) is 57.2 Å². The highest BCUT2D eigenvalue weighted by Gasteiger charge is 2.02. The lowest BCUT2D eigenvalue weighted by Gasteiger charge is -1.99. The van der Waals surface area contributed by atoms with Gasteiger partial charge in [0.2, 0.25) is 0 Å². The fourth-order valence-electron chi connectivity index (χ4n) is 4.22. The summed E-state index contributed by atoms with van der Waals surface area (Å²) in [6, 6.07) is 33.7. The van der Waals surface area contributed by atoms with Crippen LogP contribution in [0.15, 0.2) is 121 Å². The Morgan fingerprint density at radius 3 is 1.04 bits per heavy atom. The van der Waals surface area contributed by atoms with E-state index in [1.165, 1.54) is 60.9 Å². The first-order chi connectivity index (χ1) is 24.4. The van der Waals surface area contributed by atoms with Crippen molar-refractivity contribution in [2.75, 3.05) is 0 Å². The molecule has 0 unspecified atom stereocenters. The average Bonchev–Trinajstić information content (AvgIpc) is 3.08. The molecule has 52 heavy (non-hydrogen) atoms. The van der Waals surface area contributed by atoms with Crippen molar-refractivity contribution in [3.63, 3.8) is 0 Å². The minimum Gasteiger partial charge on any atom is -0.207 e. The molecule has 0 saturated carbocycles. The van der Waals surface area contributed by atoms with Gasteiger partial charge in [0.25, 0.3) is 0 Å². The van der Waals surface area contributed by atoms with Crippen LogP contribution < -0.4 is 0 Å². The van der Waals surface area contributed by atoms with Gasteiger partial charge < -0.3 is 0 Å². The van der Waals surface area contributed by atoms with Crippen molar-refractivity contribution in [2.45, 2.75) is 62.3 Å². The van der Waals surface area contributed by atoms with Gasteiger partial charge in [-0.15, -0.1) is 0 Å². The molecule has 0 atom stereocenters. The molecule has 0 aromatic heterocycles. The lowest BCUT2D eigenvalue weighted by molar-refractivity contribution is 0.568. The number of hydrogen-bond donors (Lipinski definition) is 0. The van der Waals surface area contributed by atoms with Crippen molar-refractivity contribution in [3.05, 3.63) is 212 Å². The molecule has 0 spiro atoms. The van der Waals surface area contributed by atoms with Crippen molar-refractivity contribution >= 4 is 0 Å². The molecule has 0 bridgehead atoms. The summed E-state index contributed by atoms with van der Waals surface area (Å²) in [7, 11) is 0. The van der Waals surface area contributed by atoms with Crippen molar-refractivity contribution in [3.8, 4) is 0 Å². The third kappa shape index (κ3) is 17.7. The molecule has 6 rings (SSSR count). The van der Waals surface area contributed by atoms with E-state index < -0.39 is 17.5 Å². The fourth-order valence-corrected chi connectivity index (χ4v) is 4.22. The maximum absolute atomic E-state index is 12.7. The number of hydrogen-bond acceptors (Lipinski definition) is 0. The molecule has 276 valence electrons. The standard InChI is InChI=1S/C8H8F2.C8H9F.C8H10.2C7H6F2.C7H8/c1-5-3-7(9)4-6(2)8(5)10;1-6-4-3-5-7(2)8(6)9;1-7-4-3-5-8(2)6-7;1-5-4-6(8)2-3-7(5)9;1-5-6(8)3-2-4-7(5)9;1-7-5-3-2-4-6-7/h3-4H,1-2H3;3-5H,1-2H3;3-6H,1-2H3;2*2-4H,1H3;2-6H,1H3. The minimum atomic E-state index is -0.491. The molecule has 0 amide bonds. The normalized spacial score (nSPS) is 9.54. The van der Waals surface area contributed by atoms with Crippen molar-refractivity contribution in [1.82, 2.24) is 0 Å². The van der Waals surface area contributed by atoms with E-state index in [0.717, 1.165) is 29.3 Å². The molecule has 0 nitrogen and oxygen atoms in total. The maximum atomic E-state index is 12.7. The van der Waals surface area contributed by atoms with E-state index in [-0.39, 0.29) is 28.8 Å². The molecule has 0 saturated heterocycles. The summed E-state index contributed by atoms with van der Waals surface area (Å²) in [5.74, 6) is -2.52. The molecule has 6 aromatic carbocycles. The van der Waals surface area contributed by atoms with Crippen LogP contribution in [-0.4, -0.2) is 0 Å². The summed E-state index contributed by atoms with van der Waals surface area (Å²) in [4.78, 5) is 0. The van der Waals surface area contributed by atoms with Crippen molar-refractivity contribution < 1.29 is 30.7 Å². The number of aryl methyl sites for hydroxylation is 8. The van der Waals surface area contributed by atoms with Crippen LogP contribution in [0.5, 0.6) is 0 Å². The van der Waals surface area contributed by atoms with Gasteiger partial charge >= 0.3 is 0 Å². The summed E-state index contributed by atoms with van der Waals surface area (Å²) < 4.78 is 87.1. The van der Waals surface area contributed by atoms with Crippen LogP contribution in [0.25, 0.3) is 0 Å². The minimum absolute atomic E-state index is 0.0810. The molecule has 0 N–H and O–H groups in total. The van der Waals surface area contributed by atoms with Gasteiger partial charge in [-0.25, -0.2) is 30.7 Å². The third-order valence-electron chi connectivity index (χ3n) is 7.22. The lowest BCUT2D eigenvalue weighted by Crippen LogP contribution is -1.88. The summed E-state index contributed by atoms with van der Waals surface area (Å²) in [6.45, 7) is 15.9. The van der Waals surface area contributed by atoms with E-state index in [1.54, 1.807) is 39.8 Å². The Bertz CT molecular complexity index is 1820. The highest BCUT2D eigenvalue weighted by molar-refractivity contribution is 5.25. The first kappa shape index (κ1) is 44.9. The molecule has 0 aliphatic carbocycles. The quantitative estimate of drug-likeness (QED) is 0.137. The molecular formula is C45H47F7. The number of rotatable bonds is 0. The van der Waals surface area contributed by atoms with Gasteiger partial charge in [-0.1, -0.05) is 95.6 Å². The van der Waals surface area contributed by atoms with Crippen LogP contribution in [0, 0.1) is 103 Å². The van der Waals surface area contributed by atoms with Gasteiger partial charge in [0.1, 0.15) is 40.7 Å². The van der Waals surface area contributed by atoms with Gasteiger partial charge in [-0.05, 0) is 133 Å². The van der Waals surface area contributed by atoms with Gasteiger partial charge in [-0.3, -0.25) is 0 Å². The first-order valence-electron chi connectivity index (χ1n) is 16.4. The molecule has 0 radical (unpaired) electrons. The summed E-state index contributed by atoms with van der Waals surface area (Å²) in [5.41, 5.74) is 6.57. The average molecular weight is 721 g/mol. The Kier molecular flexibility index (Phi) is 20.1. The zero-order chi connectivity index (χ0) is 39.4. The molecular weight excluding hydrogens is 673 g/mol. The van der Waals surface area contributed by atoms with Crippen molar-refractivity contribution in [1.29, 1.82) is 0 Å². The van der Waals surface area contributed by atoms with Gasteiger partial charge in [-0.2, -0.15) is 0 Å². The Hall–Kier alpha value is -5.17. The predicted molar refractivity (Wildman–Crippen MR) is 201 cm³/mol. The maximum Gasteiger partial charge on any atom is 0.129 e. The van der Waals surface area contributed by atoms with Gasteiger partial charge in [0.15, 0.2) is 0 Å². The predicted octanol–water partition coefficient (Wildman–Crippen LogP) is 13.9. The lowest BCUT2D eigenvalue weighted by atomic mass is 10.1. The zero-order valence-electron chi connectivity index (χ0n) is 31.2. The van der Waals surface area contributed by atoms with Crippen LogP contribution >= 0.6 is 0 Å². The second kappa shape index (κ2) is 23.3. The highest BCUT2D eigenvalue weighted by Crippen LogP contribution is 2.13. The molecule has 0 fully saturated rings. The number of benzene rings is 6. The first-order valence-corrected chi connectivity index (χ1v) is 16.4. The summed E-state index contributed by atoms with van der Waals surface area (Å²) in [5, 5.41) is 0. The SMILES string of the molecule is Cc1c(F)cccc1F.Cc1cc(F)cc(C)c1F.Cc1cc(F)ccc1F.Cc1cccc(C)c1.Cc1cccc(C)c1F.Cc1ccccc1. The smallest absolute Gasteiger partial charge is 0.129 e. The van der Waals surface area contributed by atoms with Gasteiger partial charge in [0.05, 0.1) is 0 Å². The molecule has 7 heteroatoms. The monoisotopic (exact) mass is 720 g/mol. The third-order valence-corrected chi connectivity index (χ3v) is 7.22. The van der Waals surface area contributed by atoms with Crippen LogP contribution in [0.4, 0.5) is 30.7 Å². The van der Waals surface area contributed by atoms with E-state index in [1.807, 2.05) is 24.3 Å². The van der Waals surface area contributed by atoms with Crippen LogP contribution in [-0.2, 0) is 0 Å². The molecule has 0 aliphatic heterocycles. The Balaban J connectivity index is 0.000000313. The Morgan fingerprint density at radius 2 is 0.692 bits per heavy atom. The Morgan fingerprint density at radius 1 is 0.288 bits per heavy atom. The largest absolute Gasteiger partial charge is 0.207 e. The molecule has 0 aliphatic rings. The van der Waals surface area contributed by atoms with Crippen LogP contribution in [0.1, 0.15) is 50.1 Å². The second-order valence-electron chi connectivity index (χ2n) is 12.1. The fraction of sp³-hybridized carbons (Fsp3) is 0.200. The Labute approximate surface area is 304 Å². The summed E-state index contributed by atoms with van der Waals surface area (Å²) in [6.07, 6.45) is 0. The zero-order valence-corrected chi connectivity index (χ0v) is 31.2.